The lowest BCUT2D eigenvalue weighted by atomic mass is 9.92. The highest BCUT2D eigenvalue weighted by atomic mass is 16.6. The molecule has 1 aromatic heterocycles. The van der Waals surface area contributed by atoms with E-state index in [9.17, 15) is 24.9 Å². The first-order chi connectivity index (χ1) is 9.90. The number of H-pyrrole nitrogens is 1. The van der Waals surface area contributed by atoms with Crippen molar-refractivity contribution in [2.45, 2.75) is 37.1 Å². The van der Waals surface area contributed by atoms with Crippen LogP contribution in [0.2, 0.25) is 0 Å². The zero-order chi connectivity index (χ0) is 15.4. The molecule has 9 nitrogen and oxygen atoms in total. The molecule has 0 saturated carbocycles. The number of nitrogens with one attached hydrogen (secondary N) is 1. The predicted molar refractivity (Wildman–Crippen MR) is 67.8 cm³/mol. The van der Waals surface area contributed by atoms with Crippen LogP contribution in [-0.2, 0) is 9.47 Å². The van der Waals surface area contributed by atoms with Gasteiger partial charge in [-0.05, 0) is 6.92 Å². The second-order valence-corrected chi connectivity index (χ2v) is 5.36. The van der Waals surface area contributed by atoms with Crippen LogP contribution in [0.1, 0.15) is 11.8 Å². The molecule has 0 bridgehead atoms. The molecule has 2 saturated heterocycles. The van der Waals surface area contributed by atoms with Crippen molar-refractivity contribution in [3.63, 3.8) is 0 Å². The van der Waals surface area contributed by atoms with E-state index in [0.29, 0.717) is 0 Å². The van der Waals surface area contributed by atoms with E-state index < -0.39 is 48.0 Å². The van der Waals surface area contributed by atoms with Gasteiger partial charge in [0.2, 0.25) is 0 Å². The zero-order valence-corrected chi connectivity index (χ0v) is 11.2. The molecule has 116 valence electrons. The molecule has 0 radical (unpaired) electrons. The van der Waals surface area contributed by atoms with Crippen molar-refractivity contribution in [2.75, 3.05) is 13.2 Å². The summed E-state index contributed by atoms with van der Waals surface area (Å²) in [5, 5.41) is 29.7. The minimum atomic E-state index is -1.48. The number of rotatable bonds is 2. The molecule has 9 heteroatoms. The van der Waals surface area contributed by atoms with E-state index in [0.717, 1.165) is 4.57 Å². The maximum Gasteiger partial charge on any atom is 0.330 e. The Morgan fingerprint density at radius 1 is 1.48 bits per heavy atom. The molecule has 21 heavy (non-hydrogen) atoms. The van der Waals surface area contributed by atoms with E-state index in [-0.39, 0.29) is 12.2 Å². The summed E-state index contributed by atoms with van der Waals surface area (Å²) in [7, 11) is 0. The van der Waals surface area contributed by atoms with Crippen molar-refractivity contribution in [3.8, 4) is 0 Å². The summed E-state index contributed by atoms with van der Waals surface area (Å²) in [6.45, 7) is 0.863. The summed E-state index contributed by atoms with van der Waals surface area (Å²) in [4.78, 5) is 25.4. The van der Waals surface area contributed by atoms with Crippen LogP contribution < -0.4 is 11.2 Å². The van der Waals surface area contributed by atoms with Crippen LogP contribution in [0.5, 0.6) is 0 Å². The Hall–Kier alpha value is -1.52. The Kier molecular flexibility index (Phi) is 3.26. The lowest BCUT2D eigenvalue weighted by molar-refractivity contribution is -0.114. The van der Waals surface area contributed by atoms with Crippen LogP contribution >= 0.6 is 0 Å². The normalized spacial score (nSPS) is 38.7. The van der Waals surface area contributed by atoms with E-state index in [1.165, 1.54) is 13.1 Å². The quantitative estimate of drug-likeness (QED) is 0.464. The highest BCUT2D eigenvalue weighted by molar-refractivity contribution is 5.11. The number of nitrogens with zero attached hydrogens (tertiary/aromatic N) is 1. The second kappa shape index (κ2) is 4.75. The first-order valence-electron chi connectivity index (χ1n) is 6.49. The van der Waals surface area contributed by atoms with E-state index >= 15 is 0 Å². The Bertz CT molecular complexity index is 668. The molecular weight excluding hydrogens is 284 g/mol. The number of fused-ring (bicyclic) bond motifs is 1. The fourth-order valence-electron chi connectivity index (χ4n) is 2.88. The molecule has 0 amide bonds. The number of hydrogen-bond donors (Lipinski definition) is 4. The number of ether oxygens (including phenoxy) is 2. The van der Waals surface area contributed by atoms with Gasteiger partial charge in [-0.1, -0.05) is 0 Å². The lowest BCUT2D eigenvalue weighted by Crippen LogP contribution is -2.51. The SMILES string of the molecule is Cc1cn([C@@H]2O[C@@H]3[C@H](O)CO[C@]3(CO)[C@H]2O)c(=O)[nH]c1=O. The molecule has 4 N–H and O–H groups in total. The summed E-state index contributed by atoms with van der Waals surface area (Å²) in [6, 6.07) is 0. The number of aromatic amines is 1. The van der Waals surface area contributed by atoms with E-state index in [4.69, 9.17) is 9.47 Å². The summed E-state index contributed by atoms with van der Waals surface area (Å²) in [5.74, 6) is 0. The highest BCUT2D eigenvalue weighted by Crippen LogP contribution is 2.44. The van der Waals surface area contributed by atoms with Gasteiger partial charge < -0.3 is 24.8 Å². The van der Waals surface area contributed by atoms with Crippen LogP contribution in [0.25, 0.3) is 0 Å². The van der Waals surface area contributed by atoms with Crippen LogP contribution in [0, 0.1) is 6.92 Å². The standard InChI is InChI=1S/C12H16N2O7/c1-5-2-14(11(19)13-9(5)18)10-7(17)12(4-15)8(21-10)6(16)3-20-12/h2,6-8,10,15-17H,3-4H2,1H3,(H,13,18,19)/t6-,7+,8-,10-,12-/m1/s1. The van der Waals surface area contributed by atoms with Crippen molar-refractivity contribution in [1.29, 1.82) is 0 Å². The third kappa shape index (κ3) is 1.89. The highest BCUT2D eigenvalue weighted by Gasteiger charge is 2.63. The average Bonchev–Trinajstić information content (AvgIpc) is 2.92. The van der Waals surface area contributed by atoms with Gasteiger partial charge in [-0.2, -0.15) is 0 Å². The van der Waals surface area contributed by atoms with Gasteiger partial charge in [0.15, 0.2) is 11.8 Å². The van der Waals surface area contributed by atoms with Gasteiger partial charge in [0.05, 0.1) is 13.2 Å². The molecule has 0 aliphatic carbocycles. The molecule has 2 fully saturated rings. The fraction of sp³-hybridized carbons (Fsp3) is 0.667. The minimum Gasteiger partial charge on any atom is -0.393 e. The van der Waals surface area contributed by atoms with Gasteiger partial charge in [0.1, 0.15) is 18.3 Å². The average molecular weight is 300 g/mol. The molecule has 0 unspecified atom stereocenters. The summed E-state index contributed by atoms with van der Waals surface area (Å²) >= 11 is 0. The molecule has 2 aliphatic heterocycles. The Morgan fingerprint density at radius 2 is 2.19 bits per heavy atom. The number of aromatic nitrogens is 2. The van der Waals surface area contributed by atoms with Crippen molar-refractivity contribution >= 4 is 0 Å². The van der Waals surface area contributed by atoms with E-state index in [2.05, 4.69) is 4.98 Å². The molecule has 0 spiro atoms. The van der Waals surface area contributed by atoms with E-state index in [1.807, 2.05) is 0 Å². The fourth-order valence-corrected chi connectivity index (χ4v) is 2.88. The molecule has 3 heterocycles. The van der Waals surface area contributed by atoms with Gasteiger partial charge in [-0.15, -0.1) is 0 Å². The third-order valence-corrected chi connectivity index (χ3v) is 4.08. The van der Waals surface area contributed by atoms with Gasteiger partial charge >= 0.3 is 5.69 Å². The number of aryl methyl sites for hydroxylation is 1. The summed E-state index contributed by atoms with van der Waals surface area (Å²) in [6.07, 6.45) is -3.25. The molecule has 1 aromatic rings. The van der Waals surface area contributed by atoms with Gasteiger partial charge in [-0.25, -0.2) is 4.79 Å². The molecule has 3 rings (SSSR count). The van der Waals surface area contributed by atoms with Crippen LogP contribution in [0.3, 0.4) is 0 Å². The maximum absolute atomic E-state index is 11.9. The molecule has 5 atom stereocenters. The smallest absolute Gasteiger partial charge is 0.330 e. The number of aliphatic hydroxyl groups excluding tert-OH is 3. The first-order valence-corrected chi connectivity index (χ1v) is 6.49. The Labute approximate surface area is 118 Å². The Balaban J connectivity index is 2.05. The van der Waals surface area contributed by atoms with Gasteiger partial charge in [-0.3, -0.25) is 14.3 Å². The van der Waals surface area contributed by atoms with Crippen LogP contribution in [0.4, 0.5) is 0 Å². The van der Waals surface area contributed by atoms with Crippen molar-refractivity contribution < 1.29 is 24.8 Å². The lowest BCUT2D eigenvalue weighted by Gasteiger charge is -2.28. The zero-order valence-electron chi connectivity index (χ0n) is 11.2. The number of aliphatic hydroxyl groups is 3. The minimum absolute atomic E-state index is 0.0748. The third-order valence-electron chi connectivity index (χ3n) is 4.08. The van der Waals surface area contributed by atoms with E-state index in [1.54, 1.807) is 0 Å². The van der Waals surface area contributed by atoms with Crippen molar-refractivity contribution in [3.05, 3.63) is 32.6 Å². The number of hydrogen-bond acceptors (Lipinski definition) is 7. The second-order valence-electron chi connectivity index (χ2n) is 5.36. The Morgan fingerprint density at radius 3 is 2.81 bits per heavy atom. The first kappa shape index (κ1) is 14.4. The summed E-state index contributed by atoms with van der Waals surface area (Å²) < 4.78 is 11.9. The maximum atomic E-state index is 11.9. The predicted octanol–water partition coefficient (Wildman–Crippen LogP) is -2.77. The summed E-state index contributed by atoms with van der Waals surface area (Å²) in [5.41, 5.74) is -2.50. The molecule has 2 aliphatic rings. The topological polar surface area (TPSA) is 134 Å². The van der Waals surface area contributed by atoms with Crippen LogP contribution in [0.15, 0.2) is 15.8 Å². The van der Waals surface area contributed by atoms with Crippen LogP contribution in [-0.4, -0.2) is 62.0 Å². The van der Waals surface area contributed by atoms with Gasteiger partial charge in [0, 0.05) is 11.8 Å². The monoisotopic (exact) mass is 300 g/mol. The van der Waals surface area contributed by atoms with Crippen molar-refractivity contribution in [2.24, 2.45) is 0 Å². The van der Waals surface area contributed by atoms with Crippen molar-refractivity contribution in [1.82, 2.24) is 9.55 Å². The largest absolute Gasteiger partial charge is 0.393 e. The molecular formula is C12H16N2O7. The molecule has 0 aromatic carbocycles. The van der Waals surface area contributed by atoms with Gasteiger partial charge in [0.25, 0.3) is 5.56 Å².